The minimum Gasteiger partial charge on any atom is -0.353 e. The molecule has 1 heterocycles. The Morgan fingerprint density at radius 2 is 2.29 bits per heavy atom. The van der Waals surface area contributed by atoms with E-state index in [-0.39, 0.29) is 11.3 Å². The second-order valence-electron chi connectivity index (χ2n) is 5.77. The summed E-state index contributed by atoms with van der Waals surface area (Å²) in [6, 6.07) is 6.51. The number of amides is 1. The van der Waals surface area contributed by atoms with E-state index in [4.69, 9.17) is 11.6 Å². The zero-order valence-corrected chi connectivity index (χ0v) is 13.2. The van der Waals surface area contributed by atoms with E-state index in [0.717, 1.165) is 35.3 Å². The second kappa shape index (κ2) is 5.68. The van der Waals surface area contributed by atoms with Crippen LogP contribution in [-0.4, -0.2) is 21.5 Å². The van der Waals surface area contributed by atoms with Crippen LogP contribution in [-0.2, 0) is 11.3 Å². The summed E-state index contributed by atoms with van der Waals surface area (Å²) in [5, 5.41) is 2.84. The van der Waals surface area contributed by atoms with Crippen LogP contribution in [0.2, 0.25) is 0 Å². The summed E-state index contributed by atoms with van der Waals surface area (Å²) in [6.45, 7) is 4.58. The number of carbonyl (C=O) groups is 1. The lowest BCUT2D eigenvalue weighted by Crippen LogP contribution is -2.26. The number of nitrogens with zero attached hydrogens (tertiary/aromatic N) is 2. The normalized spacial score (nSPS) is 16.1. The summed E-state index contributed by atoms with van der Waals surface area (Å²) in [6.07, 6.45) is 2.69. The van der Waals surface area contributed by atoms with Crippen LogP contribution in [0.15, 0.2) is 18.2 Å². The van der Waals surface area contributed by atoms with Crippen LogP contribution >= 0.6 is 11.6 Å². The molecule has 1 aliphatic rings. The number of aryl methyl sites for hydroxylation is 2. The molecular formula is C16H20ClN3O. The zero-order chi connectivity index (χ0) is 15.0. The minimum atomic E-state index is -0.178. The third-order valence-corrected chi connectivity index (χ3v) is 4.07. The van der Waals surface area contributed by atoms with E-state index >= 15 is 0 Å². The highest BCUT2D eigenvalue weighted by atomic mass is 35.5. The standard InChI is InChI=1S/C16H20ClN3O/c1-10-4-3-5-13-15(10)19-16(11(2)17)20(13)9-8-14(21)18-12-6-7-12/h3-5,11-12H,6-9H2,1-2H3,(H,18,21). The van der Waals surface area contributed by atoms with E-state index in [1.54, 1.807) is 0 Å². The Hall–Kier alpha value is -1.55. The Balaban J connectivity index is 1.86. The van der Waals surface area contributed by atoms with Gasteiger partial charge in [0.15, 0.2) is 0 Å². The van der Waals surface area contributed by atoms with Gasteiger partial charge in [0, 0.05) is 19.0 Å². The predicted octanol–water partition coefficient (Wildman–Crippen LogP) is 3.31. The van der Waals surface area contributed by atoms with Crippen LogP contribution in [0.4, 0.5) is 0 Å². The molecule has 0 saturated heterocycles. The molecular weight excluding hydrogens is 286 g/mol. The van der Waals surface area contributed by atoms with Crippen molar-refractivity contribution in [3.05, 3.63) is 29.6 Å². The van der Waals surface area contributed by atoms with Gasteiger partial charge in [-0.2, -0.15) is 0 Å². The average molecular weight is 306 g/mol. The number of imidazole rings is 1. The van der Waals surface area contributed by atoms with Crippen molar-refractivity contribution in [1.82, 2.24) is 14.9 Å². The van der Waals surface area contributed by atoms with Crippen molar-refractivity contribution < 1.29 is 4.79 Å². The van der Waals surface area contributed by atoms with Gasteiger partial charge in [0.05, 0.1) is 16.4 Å². The summed E-state index contributed by atoms with van der Waals surface area (Å²) in [5.41, 5.74) is 3.16. The fourth-order valence-electron chi connectivity index (χ4n) is 2.58. The Kier molecular flexibility index (Phi) is 3.89. The highest BCUT2D eigenvalue weighted by Crippen LogP contribution is 2.26. The first kappa shape index (κ1) is 14.4. The number of alkyl halides is 1. The van der Waals surface area contributed by atoms with Crippen molar-refractivity contribution in [3.8, 4) is 0 Å². The molecule has 2 aromatic rings. The third kappa shape index (κ3) is 3.05. The summed E-state index contributed by atoms with van der Waals surface area (Å²) in [4.78, 5) is 16.6. The first-order valence-electron chi connectivity index (χ1n) is 7.45. The summed E-state index contributed by atoms with van der Waals surface area (Å²) in [5.74, 6) is 0.945. The van der Waals surface area contributed by atoms with Gasteiger partial charge in [0.2, 0.25) is 5.91 Å². The summed E-state index contributed by atoms with van der Waals surface area (Å²) < 4.78 is 2.08. The topological polar surface area (TPSA) is 46.9 Å². The number of aromatic nitrogens is 2. The first-order chi connectivity index (χ1) is 10.1. The molecule has 1 saturated carbocycles. The predicted molar refractivity (Wildman–Crippen MR) is 84.5 cm³/mol. The molecule has 0 radical (unpaired) electrons. The molecule has 1 fully saturated rings. The van der Waals surface area contributed by atoms with Crippen molar-refractivity contribution in [2.24, 2.45) is 0 Å². The molecule has 1 aliphatic carbocycles. The molecule has 21 heavy (non-hydrogen) atoms. The van der Waals surface area contributed by atoms with Gasteiger partial charge in [0.1, 0.15) is 5.82 Å². The zero-order valence-electron chi connectivity index (χ0n) is 12.4. The third-order valence-electron chi connectivity index (χ3n) is 3.87. The fourth-order valence-corrected chi connectivity index (χ4v) is 2.75. The van der Waals surface area contributed by atoms with Gasteiger partial charge < -0.3 is 9.88 Å². The highest BCUT2D eigenvalue weighted by Gasteiger charge is 2.23. The summed E-state index contributed by atoms with van der Waals surface area (Å²) in [7, 11) is 0. The van der Waals surface area contributed by atoms with E-state index in [2.05, 4.69) is 14.9 Å². The van der Waals surface area contributed by atoms with Gasteiger partial charge in [0.25, 0.3) is 0 Å². The van der Waals surface area contributed by atoms with Gasteiger partial charge in [-0.3, -0.25) is 4.79 Å². The Bertz CT molecular complexity index is 673. The molecule has 1 atom stereocenters. The molecule has 1 N–H and O–H groups in total. The maximum Gasteiger partial charge on any atom is 0.222 e. The van der Waals surface area contributed by atoms with Crippen molar-refractivity contribution in [3.63, 3.8) is 0 Å². The van der Waals surface area contributed by atoms with E-state index in [1.165, 1.54) is 0 Å². The summed E-state index contributed by atoms with van der Waals surface area (Å²) >= 11 is 6.26. The molecule has 0 spiro atoms. The molecule has 5 heteroatoms. The molecule has 0 aliphatic heterocycles. The smallest absolute Gasteiger partial charge is 0.222 e. The lowest BCUT2D eigenvalue weighted by atomic mass is 10.2. The van der Waals surface area contributed by atoms with Crippen molar-refractivity contribution >= 4 is 28.5 Å². The number of halogens is 1. The maximum absolute atomic E-state index is 11.9. The molecule has 112 valence electrons. The second-order valence-corrected chi connectivity index (χ2v) is 6.43. The molecule has 0 bridgehead atoms. The van der Waals surface area contributed by atoms with Crippen LogP contribution in [0.25, 0.3) is 11.0 Å². The van der Waals surface area contributed by atoms with Gasteiger partial charge in [-0.25, -0.2) is 4.98 Å². The lowest BCUT2D eigenvalue weighted by molar-refractivity contribution is -0.121. The number of carbonyl (C=O) groups excluding carboxylic acids is 1. The fraction of sp³-hybridized carbons (Fsp3) is 0.500. The number of benzene rings is 1. The molecule has 3 rings (SSSR count). The van der Waals surface area contributed by atoms with Gasteiger partial charge in [-0.1, -0.05) is 12.1 Å². The first-order valence-corrected chi connectivity index (χ1v) is 7.89. The Labute approximate surface area is 129 Å². The number of hydrogen-bond donors (Lipinski definition) is 1. The number of nitrogens with one attached hydrogen (secondary N) is 1. The number of rotatable bonds is 5. The molecule has 4 nitrogen and oxygen atoms in total. The van der Waals surface area contributed by atoms with Crippen LogP contribution in [0.1, 0.15) is 43.0 Å². The molecule has 1 aromatic heterocycles. The van der Waals surface area contributed by atoms with Gasteiger partial charge in [-0.05, 0) is 38.3 Å². The largest absolute Gasteiger partial charge is 0.353 e. The van der Waals surface area contributed by atoms with Crippen LogP contribution in [0.3, 0.4) is 0 Å². The van der Waals surface area contributed by atoms with Crippen LogP contribution in [0.5, 0.6) is 0 Å². The SMILES string of the molecule is Cc1cccc2c1nc(C(C)Cl)n2CCC(=O)NC1CC1. The number of para-hydroxylation sites is 1. The average Bonchev–Trinajstić information content (AvgIpc) is 3.15. The minimum absolute atomic E-state index is 0.111. The Morgan fingerprint density at radius 3 is 2.95 bits per heavy atom. The maximum atomic E-state index is 11.9. The van der Waals surface area contributed by atoms with Crippen molar-refractivity contribution in [1.29, 1.82) is 0 Å². The van der Waals surface area contributed by atoms with E-state index in [9.17, 15) is 4.79 Å². The number of fused-ring (bicyclic) bond motifs is 1. The lowest BCUT2D eigenvalue weighted by Gasteiger charge is -2.10. The van der Waals surface area contributed by atoms with Crippen molar-refractivity contribution in [2.75, 3.05) is 0 Å². The van der Waals surface area contributed by atoms with E-state index in [0.29, 0.717) is 19.0 Å². The van der Waals surface area contributed by atoms with E-state index < -0.39 is 0 Å². The van der Waals surface area contributed by atoms with Crippen molar-refractivity contribution in [2.45, 2.75) is 51.1 Å². The molecule has 1 amide bonds. The molecule has 1 aromatic carbocycles. The van der Waals surface area contributed by atoms with Gasteiger partial charge >= 0.3 is 0 Å². The monoisotopic (exact) mass is 305 g/mol. The molecule has 1 unspecified atom stereocenters. The van der Waals surface area contributed by atoms with Gasteiger partial charge in [-0.15, -0.1) is 11.6 Å². The van der Waals surface area contributed by atoms with Crippen LogP contribution in [0, 0.1) is 6.92 Å². The van der Waals surface area contributed by atoms with E-state index in [1.807, 2.05) is 32.0 Å². The Morgan fingerprint density at radius 1 is 1.52 bits per heavy atom. The quantitative estimate of drug-likeness (QED) is 0.861. The number of hydrogen-bond acceptors (Lipinski definition) is 2. The highest BCUT2D eigenvalue weighted by molar-refractivity contribution is 6.20. The van der Waals surface area contributed by atoms with Crippen LogP contribution < -0.4 is 5.32 Å².